The van der Waals surface area contributed by atoms with Crippen molar-refractivity contribution < 1.29 is 4.92 Å². The molecule has 0 saturated carbocycles. The first kappa shape index (κ1) is 11.6. The Morgan fingerprint density at radius 1 is 1.24 bits per heavy atom. The van der Waals surface area contributed by atoms with Crippen LogP contribution in [0.3, 0.4) is 0 Å². The molecule has 0 N–H and O–H groups in total. The molecule has 1 atom stereocenters. The molecule has 0 fully saturated rings. The summed E-state index contributed by atoms with van der Waals surface area (Å²) in [5.41, 5.74) is 2.36. The van der Waals surface area contributed by atoms with E-state index < -0.39 is 0 Å². The van der Waals surface area contributed by atoms with Gasteiger partial charge in [0.05, 0.1) is 0 Å². The summed E-state index contributed by atoms with van der Waals surface area (Å²) in [6.45, 7) is 0. The summed E-state index contributed by atoms with van der Waals surface area (Å²) < 4.78 is 0. The molecular formula is C14H15NO2. The molecule has 0 spiro atoms. The molecule has 1 unspecified atom stereocenters. The first-order valence-corrected chi connectivity index (χ1v) is 5.81. The second kappa shape index (κ2) is 5.43. The minimum absolute atomic E-state index is 0.172. The van der Waals surface area contributed by atoms with Crippen LogP contribution in [0.25, 0.3) is 6.08 Å². The Bertz CT molecular complexity index is 449. The maximum atomic E-state index is 10.6. The number of benzene rings is 1. The van der Waals surface area contributed by atoms with Gasteiger partial charge < -0.3 is 0 Å². The van der Waals surface area contributed by atoms with E-state index >= 15 is 0 Å². The smallest absolute Gasteiger partial charge is 0.216 e. The third-order valence-corrected chi connectivity index (χ3v) is 3.01. The van der Waals surface area contributed by atoms with Gasteiger partial charge in [-0.1, -0.05) is 54.1 Å². The van der Waals surface area contributed by atoms with Gasteiger partial charge in [0.2, 0.25) is 6.04 Å². The van der Waals surface area contributed by atoms with Gasteiger partial charge in [-0.05, 0) is 12.0 Å². The average molecular weight is 229 g/mol. The fourth-order valence-electron chi connectivity index (χ4n) is 1.95. The van der Waals surface area contributed by atoms with Gasteiger partial charge in [-0.15, -0.1) is 0 Å². The van der Waals surface area contributed by atoms with Crippen molar-refractivity contribution in [2.75, 3.05) is 0 Å². The highest BCUT2D eigenvalue weighted by Gasteiger charge is 2.21. The molecule has 88 valence electrons. The molecule has 0 amide bonds. The lowest BCUT2D eigenvalue weighted by molar-refractivity contribution is -0.523. The van der Waals surface area contributed by atoms with E-state index in [0.717, 1.165) is 12.0 Å². The number of hydrogen-bond acceptors (Lipinski definition) is 2. The molecule has 1 aromatic rings. The monoisotopic (exact) mass is 229 g/mol. The lowest BCUT2D eigenvalue weighted by atomic mass is 9.95. The Balaban J connectivity index is 1.97. The molecule has 0 aliphatic heterocycles. The standard InChI is InChI=1S/C14H15NO2/c16-15(17)14-10-8-13(9-11-14)7-6-12-4-2-1-3-5-12/h1-8,14H,9-11H2/b7-6+. The zero-order chi connectivity index (χ0) is 12.1. The Morgan fingerprint density at radius 3 is 2.59 bits per heavy atom. The highest BCUT2D eigenvalue weighted by Crippen LogP contribution is 2.21. The maximum Gasteiger partial charge on any atom is 0.216 e. The SMILES string of the molecule is O=[N+]([O-])C1CC=C(/C=C/c2ccccc2)CC1. The molecule has 1 aromatic carbocycles. The lowest BCUT2D eigenvalue weighted by Gasteiger charge is -2.13. The fourth-order valence-corrected chi connectivity index (χ4v) is 1.95. The molecule has 1 aliphatic carbocycles. The molecule has 0 bridgehead atoms. The second-order valence-electron chi connectivity index (χ2n) is 4.24. The molecule has 1 aliphatic rings. The van der Waals surface area contributed by atoms with E-state index in [-0.39, 0.29) is 11.0 Å². The van der Waals surface area contributed by atoms with Crippen molar-refractivity contribution in [2.45, 2.75) is 25.3 Å². The molecule has 3 nitrogen and oxygen atoms in total. The zero-order valence-corrected chi connectivity index (χ0v) is 9.58. The minimum atomic E-state index is -0.385. The van der Waals surface area contributed by atoms with E-state index in [1.807, 2.05) is 36.4 Å². The molecule has 2 rings (SSSR count). The largest absolute Gasteiger partial charge is 0.264 e. The number of nitro groups is 1. The van der Waals surface area contributed by atoms with E-state index in [9.17, 15) is 10.1 Å². The molecule has 0 heterocycles. The summed E-state index contributed by atoms with van der Waals surface area (Å²) in [6.07, 6.45) is 8.11. The van der Waals surface area contributed by atoms with E-state index in [4.69, 9.17) is 0 Å². The number of rotatable bonds is 3. The number of hydrogen-bond donors (Lipinski definition) is 0. The summed E-state index contributed by atoms with van der Waals surface area (Å²) in [7, 11) is 0. The van der Waals surface area contributed by atoms with Gasteiger partial charge in [-0.25, -0.2) is 0 Å². The normalized spacial score (nSPS) is 20.2. The van der Waals surface area contributed by atoms with Crippen molar-refractivity contribution in [3.05, 3.63) is 63.7 Å². The highest BCUT2D eigenvalue weighted by atomic mass is 16.6. The van der Waals surface area contributed by atoms with E-state index in [2.05, 4.69) is 12.2 Å². The van der Waals surface area contributed by atoms with Crippen molar-refractivity contribution in [3.8, 4) is 0 Å². The molecule has 0 aromatic heterocycles. The Morgan fingerprint density at radius 2 is 2.00 bits per heavy atom. The first-order chi connectivity index (χ1) is 8.25. The number of allylic oxidation sites excluding steroid dienone is 2. The molecule has 17 heavy (non-hydrogen) atoms. The van der Waals surface area contributed by atoms with Crippen LogP contribution in [0.5, 0.6) is 0 Å². The van der Waals surface area contributed by atoms with E-state index in [1.165, 1.54) is 5.57 Å². The van der Waals surface area contributed by atoms with Crippen LogP contribution in [-0.4, -0.2) is 11.0 Å². The van der Waals surface area contributed by atoms with Crippen LogP contribution >= 0.6 is 0 Å². The van der Waals surface area contributed by atoms with E-state index in [1.54, 1.807) is 0 Å². The Kier molecular flexibility index (Phi) is 3.70. The summed E-state index contributed by atoms with van der Waals surface area (Å²) in [5, 5.41) is 10.6. The van der Waals surface area contributed by atoms with Crippen LogP contribution in [-0.2, 0) is 0 Å². The van der Waals surface area contributed by atoms with Gasteiger partial charge in [-0.2, -0.15) is 0 Å². The number of nitrogens with zero attached hydrogens (tertiary/aromatic N) is 1. The first-order valence-electron chi connectivity index (χ1n) is 5.81. The molecular weight excluding hydrogens is 214 g/mol. The highest BCUT2D eigenvalue weighted by molar-refractivity contribution is 5.52. The zero-order valence-electron chi connectivity index (χ0n) is 9.58. The van der Waals surface area contributed by atoms with Gasteiger partial charge in [0.1, 0.15) is 0 Å². The Hall–Kier alpha value is -1.90. The maximum absolute atomic E-state index is 10.6. The van der Waals surface area contributed by atoms with Gasteiger partial charge in [0, 0.05) is 17.8 Å². The van der Waals surface area contributed by atoms with Crippen LogP contribution in [0.2, 0.25) is 0 Å². The fraction of sp³-hybridized carbons (Fsp3) is 0.286. The lowest BCUT2D eigenvalue weighted by Crippen LogP contribution is -2.21. The van der Waals surface area contributed by atoms with E-state index in [0.29, 0.717) is 12.8 Å². The Labute approximate surface area is 101 Å². The molecule has 0 saturated heterocycles. The van der Waals surface area contributed by atoms with Crippen LogP contribution in [0, 0.1) is 10.1 Å². The van der Waals surface area contributed by atoms with Gasteiger partial charge in [-0.3, -0.25) is 10.1 Å². The summed E-state index contributed by atoms with van der Waals surface area (Å²) >= 11 is 0. The van der Waals surface area contributed by atoms with Gasteiger partial charge in [0.15, 0.2) is 0 Å². The van der Waals surface area contributed by atoms with Gasteiger partial charge in [0.25, 0.3) is 0 Å². The summed E-state index contributed by atoms with van der Waals surface area (Å²) in [5.74, 6) is 0. The van der Waals surface area contributed by atoms with Crippen molar-refractivity contribution in [1.29, 1.82) is 0 Å². The minimum Gasteiger partial charge on any atom is -0.264 e. The van der Waals surface area contributed by atoms with Crippen LogP contribution in [0.1, 0.15) is 24.8 Å². The van der Waals surface area contributed by atoms with Crippen molar-refractivity contribution >= 4 is 6.08 Å². The topological polar surface area (TPSA) is 43.1 Å². The van der Waals surface area contributed by atoms with Crippen LogP contribution < -0.4 is 0 Å². The summed E-state index contributed by atoms with van der Waals surface area (Å²) in [4.78, 5) is 10.4. The second-order valence-corrected chi connectivity index (χ2v) is 4.24. The van der Waals surface area contributed by atoms with Crippen LogP contribution in [0.15, 0.2) is 48.1 Å². The average Bonchev–Trinajstić information content (AvgIpc) is 2.38. The summed E-state index contributed by atoms with van der Waals surface area (Å²) in [6, 6.07) is 9.68. The quantitative estimate of drug-likeness (QED) is 0.588. The third-order valence-electron chi connectivity index (χ3n) is 3.01. The third kappa shape index (κ3) is 3.28. The van der Waals surface area contributed by atoms with Crippen molar-refractivity contribution in [1.82, 2.24) is 0 Å². The van der Waals surface area contributed by atoms with Crippen LogP contribution in [0.4, 0.5) is 0 Å². The van der Waals surface area contributed by atoms with Gasteiger partial charge >= 0.3 is 0 Å². The molecule has 0 radical (unpaired) electrons. The predicted octanol–water partition coefficient (Wildman–Crippen LogP) is 3.46. The van der Waals surface area contributed by atoms with Crippen molar-refractivity contribution in [3.63, 3.8) is 0 Å². The predicted molar refractivity (Wildman–Crippen MR) is 68.2 cm³/mol. The molecule has 3 heteroatoms. The van der Waals surface area contributed by atoms with Crippen molar-refractivity contribution in [2.24, 2.45) is 0 Å².